The van der Waals surface area contributed by atoms with Crippen LogP contribution in [-0.4, -0.2) is 44.5 Å². The van der Waals surface area contributed by atoms with Gasteiger partial charge in [-0.3, -0.25) is 9.59 Å². The fourth-order valence-electron chi connectivity index (χ4n) is 3.52. The summed E-state index contributed by atoms with van der Waals surface area (Å²) in [5, 5.41) is 2.78. The van der Waals surface area contributed by atoms with E-state index in [0.717, 1.165) is 22.9 Å². The van der Waals surface area contributed by atoms with Crippen LogP contribution in [0.4, 0.5) is 20.2 Å². The summed E-state index contributed by atoms with van der Waals surface area (Å²) in [7, 11) is 5.21. The average Bonchev–Trinajstić information content (AvgIpc) is 2.80. The zero-order valence-corrected chi connectivity index (χ0v) is 19.3. The van der Waals surface area contributed by atoms with Gasteiger partial charge in [0.05, 0.1) is 0 Å². The van der Waals surface area contributed by atoms with E-state index in [2.05, 4.69) is 5.32 Å². The number of carbonyl (C=O) groups is 2. The number of ether oxygens (including phenoxy) is 1. The summed E-state index contributed by atoms with van der Waals surface area (Å²) < 4.78 is 31.9. The van der Waals surface area contributed by atoms with Crippen LogP contribution < -0.4 is 10.2 Å². The third-order valence-corrected chi connectivity index (χ3v) is 5.17. The number of methoxy groups -OCH3 is 1. The Bertz CT molecular complexity index is 1150. The van der Waals surface area contributed by atoms with E-state index in [9.17, 15) is 18.4 Å². The number of hydrogen-bond acceptors (Lipinski definition) is 4. The van der Waals surface area contributed by atoms with Crippen LogP contribution in [0.3, 0.4) is 0 Å². The van der Waals surface area contributed by atoms with E-state index < -0.39 is 11.7 Å². The van der Waals surface area contributed by atoms with Gasteiger partial charge in [0.15, 0.2) is 0 Å². The summed E-state index contributed by atoms with van der Waals surface area (Å²) in [6.07, 6.45) is 0. The fraction of sp³-hybridized carbons (Fsp3) is 0.231. The van der Waals surface area contributed by atoms with Crippen LogP contribution in [0.2, 0.25) is 0 Å². The minimum atomic E-state index is -0.496. The SMILES string of the molecule is COCC(=O)N(Cc1ccc(F)cc1)Cc1cc(NC(=O)c2cccc(F)c2)ccc1N(C)C. The second kappa shape index (κ2) is 11.4. The maximum absolute atomic E-state index is 13.5. The molecule has 0 atom stereocenters. The van der Waals surface area contributed by atoms with E-state index in [1.165, 1.54) is 37.4 Å². The molecule has 0 unspecified atom stereocenters. The Labute approximate surface area is 197 Å². The number of anilines is 2. The molecule has 3 aromatic rings. The second-order valence-electron chi connectivity index (χ2n) is 8.01. The van der Waals surface area contributed by atoms with Crippen LogP contribution in [-0.2, 0) is 22.6 Å². The zero-order chi connectivity index (χ0) is 24.7. The van der Waals surface area contributed by atoms with Gasteiger partial charge in [0.25, 0.3) is 5.91 Å². The molecule has 6 nitrogen and oxygen atoms in total. The summed E-state index contributed by atoms with van der Waals surface area (Å²) in [5.41, 5.74) is 3.13. The lowest BCUT2D eigenvalue weighted by Crippen LogP contribution is -2.33. The first-order chi connectivity index (χ1) is 16.3. The highest BCUT2D eigenvalue weighted by Gasteiger charge is 2.18. The highest BCUT2D eigenvalue weighted by Crippen LogP contribution is 2.26. The van der Waals surface area contributed by atoms with Crippen LogP contribution >= 0.6 is 0 Å². The predicted molar refractivity (Wildman–Crippen MR) is 128 cm³/mol. The third kappa shape index (κ3) is 6.62. The Kier molecular flexibility index (Phi) is 8.32. The van der Waals surface area contributed by atoms with Crippen LogP contribution in [0.15, 0.2) is 66.7 Å². The molecule has 0 heterocycles. The van der Waals surface area contributed by atoms with Crippen molar-refractivity contribution in [3.05, 3.63) is 95.1 Å². The quantitative estimate of drug-likeness (QED) is 0.505. The Hall–Kier alpha value is -3.78. The topological polar surface area (TPSA) is 61.9 Å². The second-order valence-corrected chi connectivity index (χ2v) is 8.01. The molecular weight excluding hydrogens is 440 g/mol. The highest BCUT2D eigenvalue weighted by atomic mass is 19.1. The normalized spacial score (nSPS) is 10.6. The molecule has 0 aromatic heterocycles. The van der Waals surface area contributed by atoms with Gasteiger partial charge in [-0.15, -0.1) is 0 Å². The zero-order valence-electron chi connectivity index (χ0n) is 19.3. The van der Waals surface area contributed by atoms with Crippen LogP contribution in [0.5, 0.6) is 0 Å². The Morgan fingerprint density at radius 3 is 2.29 bits per heavy atom. The van der Waals surface area contributed by atoms with Gasteiger partial charge in [0, 0.05) is 51.2 Å². The molecule has 0 saturated carbocycles. The Morgan fingerprint density at radius 2 is 1.65 bits per heavy atom. The lowest BCUT2D eigenvalue weighted by molar-refractivity contribution is -0.136. The van der Waals surface area contributed by atoms with Crippen molar-refractivity contribution in [1.29, 1.82) is 0 Å². The molecule has 0 saturated heterocycles. The van der Waals surface area contributed by atoms with Crippen molar-refractivity contribution in [2.75, 3.05) is 38.0 Å². The van der Waals surface area contributed by atoms with Gasteiger partial charge < -0.3 is 19.9 Å². The molecule has 2 amide bonds. The largest absolute Gasteiger partial charge is 0.377 e. The molecule has 0 fully saturated rings. The molecule has 8 heteroatoms. The lowest BCUT2D eigenvalue weighted by Gasteiger charge is -2.26. The molecule has 34 heavy (non-hydrogen) atoms. The van der Waals surface area contributed by atoms with Gasteiger partial charge in [-0.1, -0.05) is 18.2 Å². The molecule has 0 aliphatic carbocycles. The number of hydrogen-bond donors (Lipinski definition) is 1. The van der Waals surface area contributed by atoms with Gasteiger partial charge in [-0.2, -0.15) is 0 Å². The van der Waals surface area contributed by atoms with Crippen molar-refractivity contribution in [3.63, 3.8) is 0 Å². The Balaban J connectivity index is 1.88. The molecule has 1 N–H and O–H groups in total. The minimum Gasteiger partial charge on any atom is -0.377 e. The van der Waals surface area contributed by atoms with E-state index in [0.29, 0.717) is 5.69 Å². The molecule has 3 aromatic carbocycles. The van der Waals surface area contributed by atoms with Gasteiger partial charge in [0.1, 0.15) is 18.2 Å². The van der Waals surface area contributed by atoms with E-state index in [1.54, 1.807) is 29.2 Å². The number of rotatable bonds is 9. The van der Waals surface area contributed by atoms with E-state index in [4.69, 9.17) is 4.74 Å². The lowest BCUT2D eigenvalue weighted by atomic mass is 10.1. The monoisotopic (exact) mass is 467 g/mol. The van der Waals surface area contributed by atoms with E-state index in [-0.39, 0.29) is 37.0 Å². The number of nitrogens with one attached hydrogen (secondary N) is 1. The Morgan fingerprint density at radius 1 is 0.912 bits per heavy atom. The fourth-order valence-corrected chi connectivity index (χ4v) is 3.52. The van der Waals surface area contributed by atoms with Gasteiger partial charge in [-0.25, -0.2) is 8.78 Å². The van der Waals surface area contributed by atoms with Crippen molar-refractivity contribution in [2.45, 2.75) is 13.1 Å². The van der Waals surface area contributed by atoms with Crippen LogP contribution in [0.1, 0.15) is 21.5 Å². The standard InChI is InChI=1S/C26H27F2N3O3/c1-30(2)24-12-11-23(29-26(33)19-5-4-6-22(28)13-19)14-20(24)16-31(25(32)17-34-3)15-18-7-9-21(27)10-8-18/h4-14H,15-17H2,1-3H3,(H,29,33). The maximum Gasteiger partial charge on any atom is 0.255 e. The number of carbonyl (C=O) groups excluding carboxylic acids is 2. The summed E-state index contributed by atoms with van der Waals surface area (Å²) in [5.74, 6) is -1.52. The highest BCUT2D eigenvalue weighted by molar-refractivity contribution is 6.04. The first-order valence-corrected chi connectivity index (χ1v) is 10.6. The molecule has 0 aliphatic rings. The van der Waals surface area contributed by atoms with Crippen molar-refractivity contribution >= 4 is 23.2 Å². The number of benzene rings is 3. The predicted octanol–water partition coefficient (Wildman–Crippen LogP) is 4.46. The molecule has 3 rings (SSSR count). The maximum atomic E-state index is 13.5. The van der Waals surface area contributed by atoms with Crippen LogP contribution in [0, 0.1) is 11.6 Å². The first-order valence-electron chi connectivity index (χ1n) is 10.6. The van der Waals surface area contributed by atoms with Crippen molar-refractivity contribution < 1.29 is 23.1 Å². The summed E-state index contributed by atoms with van der Waals surface area (Å²) in [4.78, 5) is 28.9. The van der Waals surface area contributed by atoms with Crippen molar-refractivity contribution in [2.24, 2.45) is 0 Å². The molecule has 0 spiro atoms. The first kappa shape index (κ1) is 24.9. The number of nitrogens with zero attached hydrogens (tertiary/aromatic N) is 2. The molecular formula is C26H27F2N3O3. The summed E-state index contributed by atoms with van der Waals surface area (Å²) in [6, 6.07) is 16.8. The molecule has 178 valence electrons. The number of halogens is 2. The summed E-state index contributed by atoms with van der Waals surface area (Å²) >= 11 is 0. The summed E-state index contributed by atoms with van der Waals surface area (Å²) in [6.45, 7) is 0.389. The van der Waals surface area contributed by atoms with Crippen molar-refractivity contribution in [3.8, 4) is 0 Å². The average molecular weight is 468 g/mol. The molecule has 0 bridgehead atoms. The smallest absolute Gasteiger partial charge is 0.255 e. The molecule has 0 aliphatic heterocycles. The minimum absolute atomic E-state index is 0.103. The van der Waals surface area contributed by atoms with Gasteiger partial charge >= 0.3 is 0 Å². The van der Waals surface area contributed by atoms with Crippen LogP contribution in [0.25, 0.3) is 0 Å². The van der Waals surface area contributed by atoms with Gasteiger partial charge in [-0.05, 0) is 59.7 Å². The van der Waals surface area contributed by atoms with Crippen molar-refractivity contribution in [1.82, 2.24) is 4.90 Å². The molecule has 0 radical (unpaired) electrons. The number of amides is 2. The third-order valence-electron chi connectivity index (χ3n) is 5.17. The van der Waals surface area contributed by atoms with E-state index in [1.807, 2.05) is 25.1 Å². The van der Waals surface area contributed by atoms with Gasteiger partial charge in [0.2, 0.25) is 5.91 Å². The van der Waals surface area contributed by atoms with E-state index >= 15 is 0 Å².